The topological polar surface area (TPSA) is 30.5 Å². The molecule has 0 spiro atoms. The van der Waals surface area contributed by atoms with Gasteiger partial charge in [0.05, 0.1) is 0 Å². The number of nitrogens with one attached hydrogen (secondary N) is 1. The molecule has 0 saturated carbocycles. The molecule has 0 aliphatic carbocycles. The second kappa shape index (κ2) is 7.33. The highest BCUT2D eigenvalue weighted by Crippen LogP contribution is 2.06. The van der Waals surface area contributed by atoms with Crippen LogP contribution in [-0.4, -0.2) is 33.6 Å². The van der Waals surface area contributed by atoms with Crippen molar-refractivity contribution in [3.8, 4) is 0 Å². The summed E-state index contributed by atoms with van der Waals surface area (Å²) in [4.78, 5) is 0. The van der Waals surface area contributed by atoms with E-state index in [1.54, 1.807) is 26.4 Å². The highest BCUT2D eigenvalue weighted by Gasteiger charge is 2.04. The molecule has 0 fully saturated rings. The van der Waals surface area contributed by atoms with E-state index in [1.165, 1.54) is 6.07 Å². The normalized spacial score (nSPS) is 11.0. The Labute approximate surface area is 95.6 Å². The molecule has 4 heteroatoms. The maximum Gasteiger partial charge on any atom is 0.169 e. The molecule has 1 rings (SSSR count). The lowest BCUT2D eigenvalue weighted by molar-refractivity contribution is -0.0986. The monoisotopic (exact) mass is 227 g/mol. The number of benzene rings is 1. The molecular formula is C12H18FNO2. The summed E-state index contributed by atoms with van der Waals surface area (Å²) in [6.45, 7) is 1.30. The average molecular weight is 227 g/mol. The molecule has 0 saturated heterocycles. The van der Waals surface area contributed by atoms with Gasteiger partial charge >= 0.3 is 0 Å². The average Bonchev–Trinajstić information content (AvgIpc) is 2.31. The SMILES string of the molecule is COC(CNCCc1ccccc1F)OC. The van der Waals surface area contributed by atoms with Crippen molar-refractivity contribution in [1.29, 1.82) is 0 Å². The Kier molecular flexibility index (Phi) is 6.00. The Morgan fingerprint density at radius 1 is 1.25 bits per heavy atom. The van der Waals surface area contributed by atoms with Crippen LogP contribution in [-0.2, 0) is 15.9 Å². The van der Waals surface area contributed by atoms with Gasteiger partial charge in [-0.3, -0.25) is 0 Å². The predicted octanol–water partition coefficient (Wildman–Crippen LogP) is 1.58. The van der Waals surface area contributed by atoms with Crippen LogP contribution in [0.1, 0.15) is 5.56 Å². The standard InChI is InChI=1S/C12H18FNO2/c1-15-12(16-2)9-14-8-7-10-5-3-4-6-11(10)13/h3-6,12,14H,7-9H2,1-2H3. The molecule has 0 aliphatic heterocycles. The Bertz CT molecular complexity index is 303. The Morgan fingerprint density at radius 3 is 2.56 bits per heavy atom. The van der Waals surface area contributed by atoms with Crippen LogP contribution < -0.4 is 5.32 Å². The zero-order chi connectivity index (χ0) is 11.8. The molecule has 0 radical (unpaired) electrons. The molecule has 1 aromatic rings. The fraction of sp³-hybridized carbons (Fsp3) is 0.500. The summed E-state index contributed by atoms with van der Waals surface area (Å²) in [6.07, 6.45) is 0.410. The van der Waals surface area contributed by atoms with E-state index >= 15 is 0 Å². The summed E-state index contributed by atoms with van der Waals surface area (Å²) in [7, 11) is 3.18. The zero-order valence-electron chi connectivity index (χ0n) is 9.70. The van der Waals surface area contributed by atoms with Gasteiger partial charge in [-0.05, 0) is 24.6 Å². The fourth-order valence-corrected chi connectivity index (χ4v) is 1.41. The Hall–Kier alpha value is -0.970. The molecule has 0 heterocycles. The van der Waals surface area contributed by atoms with Gasteiger partial charge in [-0.2, -0.15) is 0 Å². The number of rotatable bonds is 7. The van der Waals surface area contributed by atoms with Crippen molar-refractivity contribution < 1.29 is 13.9 Å². The van der Waals surface area contributed by atoms with Crippen LogP contribution in [0.25, 0.3) is 0 Å². The predicted molar refractivity (Wildman–Crippen MR) is 60.8 cm³/mol. The largest absolute Gasteiger partial charge is 0.355 e. The van der Waals surface area contributed by atoms with Gasteiger partial charge in [-0.1, -0.05) is 18.2 Å². The molecule has 0 aliphatic rings. The van der Waals surface area contributed by atoms with Gasteiger partial charge in [0, 0.05) is 20.8 Å². The molecule has 0 amide bonds. The third-order valence-electron chi connectivity index (χ3n) is 2.37. The first-order chi connectivity index (χ1) is 7.77. The second-order valence-corrected chi connectivity index (χ2v) is 3.45. The summed E-state index contributed by atoms with van der Waals surface area (Å²) in [5, 5.41) is 3.15. The van der Waals surface area contributed by atoms with Crippen LogP contribution in [0.15, 0.2) is 24.3 Å². The van der Waals surface area contributed by atoms with Crippen molar-refractivity contribution in [1.82, 2.24) is 5.32 Å². The van der Waals surface area contributed by atoms with Gasteiger partial charge in [-0.15, -0.1) is 0 Å². The first-order valence-electron chi connectivity index (χ1n) is 5.27. The number of hydrogen-bond donors (Lipinski definition) is 1. The minimum absolute atomic E-state index is 0.153. The lowest BCUT2D eigenvalue weighted by Gasteiger charge is -2.13. The Morgan fingerprint density at radius 2 is 1.94 bits per heavy atom. The van der Waals surface area contributed by atoms with Crippen LogP contribution in [0.2, 0.25) is 0 Å². The highest BCUT2D eigenvalue weighted by molar-refractivity contribution is 5.17. The summed E-state index contributed by atoms with van der Waals surface area (Å²) in [5.74, 6) is -0.153. The maximum atomic E-state index is 13.2. The van der Waals surface area contributed by atoms with E-state index in [1.807, 2.05) is 6.07 Å². The highest BCUT2D eigenvalue weighted by atomic mass is 19.1. The molecule has 0 bridgehead atoms. The van der Waals surface area contributed by atoms with E-state index in [0.29, 0.717) is 19.5 Å². The van der Waals surface area contributed by atoms with Crippen LogP contribution in [0.4, 0.5) is 4.39 Å². The van der Waals surface area contributed by atoms with Crippen LogP contribution >= 0.6 is 0 Å². The number of halogens is 1. The first kappa shape index (κ1) is 13.1. The number of hydrogen-bond acceptors (Lipinski definition) is 3. The third kappa shape index (κ3) is 4.26. The molecule has 1 aromatic carbocycles. The minimum atomic E-state index is -0.249. The number of ether oxygens (including phenoxy) is 2. The van der Waals surface area contributed by atoms with Crippen molar-refractivity contribution in [3.63, 3.8) is 0 Å². The van der Waals surface area contributed by atoms with Crippen molar-refractivity contribution in [2.45, 2.75) is 12.7 Å². The second-order valence-electron chi connectivity index (χ2n) is 3.45. The van der Waals surface area contributed by atoms with E-state index in [0.717, 1.165) is 5.56 Å². The van der Waals surface area contributed by atoms with Crippen LogP contribution in [0.5, 0.6) is 0 Å². The van der Waals surface area contributed by atoms with E-state index < -0.39 is 0 Å². The summed E-state index contributed by atoms with van der Waals surface area (Å²) < 4.78 is 23.3. The fourth-order valence-electron chi connectivity index (χ4n) is 1.41. The van der Waals surface area contributed by atoms with Gasteiger partial charge in [0.2, 0.25) is 0 Å². The van der Waals surface area contributed by atoms with E-state index in [4.69, 9.17) is 9.47 Å². The minimum Gasteiger partial charge on any atom is -0.355 e. The van der Waals surface area contributed by atoms with Gasteiger partial charge in [0.25, 0.3) is 0 Å². The summed E-state index contributed by atoms with van der Waals surface area (Å²) >= 11 is 0. The molecular weight excluding hydrogens is 209 g/mol. The summed E-state index contributed by atoms with van der Waals surface area (Å²) in [5.41, 5.74) is 0.724. The molecule has 0 aromatic heterocycles. The van der Waals surface area contributed by atoms with Crippen molar-refractivity contribution in [2.75, 3.05) is 27.3 Å². The first-order valence-corrected chi connectivity index (χ1v) is 5.27. The van der Waals surface area contributed by atoms with Crippen molar-refractivity contribution in [3.05, 3.63) is 35.6 Å². The van der Waals surface area contributed by atoms with E-state index in [9.17, 15) is 4.39 Å². The molecule has 1 N–H and O–H groups in total. The Balaban J connectivity index is 2.23. The smallest absolute Gasteiger partial charge is 0.169 e. The van der Waals surface area contributed by atoms with Crippen molar-refractivity contribution >= 4 is 0 Å². The zero-order valence-corrected chi connectivity index (χ0v) is 9.70. The van der Waals surface area contributed by atoms with Crippen LogP contribution in [0, 0.1) is 5.82 Å². The number of methoxy groups -OCH3 is 2. The van der Waals surface area contributed by atoms with Gasteiger partial charge < -0.3 is 14.8 Å². The van der Waals surface area contributed by atoms with Gasteiger partial charge in [0.1, 0.15) is 5.82 Å². The van der Waals surface area contributed by atoms with Crippen LogP contribution in [0.3, 0.4) is 0 Å². The molecule has 90 valence electrons. The molecule has 0 unspecified atom stereocenters. The van der Waals surface area contributed by atoms with Crippen molar-refractivity contribution in [2.24, 2.45) is 0 Å². The lowest BCUT2D eigenvalue weighted by Crippen LogP contribution is -2.31. The maximum absolute atomic E-state index is 13.2. The molecule has 16 heavy (non-hydrogen) atoms. The van der Waals surface area contributed by atoms with E-state index in [2.05, 4.69) is 5.32 Å². The summed E-state index contributed by atoms with van der Waals surface area (Å²) in [6, 6.07) is 6.80. The molecule has 3 nitrogen and oxygen atoms in total. The van der Waals surface area contributed by atoms with E-state index in [-0.39, 0.29) is 12.1 Å². The van der Waals surface area contributed by atoms with Gasteiger partial charge in [0.15, 0.2) is 6.29 Å². The van der Waals surface area contributed by atoms with Gasteiger partial charge in [-0.25, -0.2) is 4.39 Å². The quantitative estimate of drug-likeness (QED) is 0.566. The lowest BCUT2D eigenvalue weighted by atomic mass is 10.1. The molecule has 0 atom stereocenters. The third-order valence-corrected chi connectivity index (χ3v) is 2.37.